The van der Waals surface area contributed by atoms with Crippen LogP contribution < -0.4 is 0 Å². The summed E-state index contributed by atoms with van der Waals surface area (Å²) in [6.07, 6.45) is -11.9. The van der Waals surface area contributed by atoms with Crippen LogP contribution >= 0.6 is 0 Å². The third kappa shape index (κ3) is 7.86. The van der Waals surface area contributed by atoms with Crippen LogP contribution in [-0.2, 0) is 20.1 Å². The van der Waals surface area contributed by atoms with Crippen LogP contribution in [0.25, 0.3) is 0 Å². The molecule has 0 aliphatic carbocycles. The van der Waals surface area contributed by atoms with Gasteiger partial charge in [0.1, 0.15) is 6.54 Å². The van der Waals surface area contributed by atoms with Crippen LogP contribution in [0, 0.1) is 0 Å². The molecule has 0 aromatic heterocycles. The molecule has 0 heterocycles. The number of sulfonamides is 1. The molecule has 278 valence electrons. The molecule has 0 saturated carbocycles. The molecule has 0 radical (unpaired) electrons. The molecule has 0 aliphatic heterocycles. The van der Waals surface area contributed by atoms with Crippen molar-refractivity contribution in [1.82, 2.24) is 4.31 Å². The molecule has 0 aromatic carbocycles. The van der Waals surface area contributed by atoms with Gasteiger partial charge in [-0.2, -0.15) is 78.9 Å². The number of likely N-dealkylation sites (N-methyl/N-ethyl adjacent to an activating group) is 1. The SMILES string of the molecule is C[N+](C)(CCO)CCCN(CC(O)CS(=O)(=O)[O-])S(=O)(=O)C(F)(F)C(F)(F)C(F)(F)C(F)(F)C(F)(F)C(F)(F)C(F)(F)C(F)(F)F. The average Bonchev–Trinajstić information content (AvgIpc) is 2.80. The number of hydrogen-bond donors (Lipinski definition) is 2. The maximum Gasteiger partial charge on any atom is 0.460 e. The lowest BCUT2D eigenvalue weighted by molar-refractivity contribution is -0.890. The van der Waals surface area contributed by atoms with Crippen molar-refractivity contribution in [3.63, 3.8) is 0 Å². The summed E-state index contributed by atoms with van der Waals surface area (Å²) in [6.45, 7) is -5.26. The summed E-state index contributed by atoms with van der Waals surface area (Å²) in [5, 5.41) is 10.6. The fraction of sp³-hybridized carbons (Fsp3) is 1.00. The molecule has 0 saturated heterocycles. The second kappa shape index (κ2) is 13.1. The predicted octanol–water partition coefficient (Wildman–Crippen LogP) is 2.95. The quantitative estimate of drug-likeness (QED) is 0.125. The van der Waals surface area contributed by atoms with Crippen LogP contribution in [-0.4, -0.2) is 146 Å². The summed E-state index contributed by atoms with van der Waals surface area (Å²) in [4.78, 5) is 0. The van der Waals surface area contributed by atoms with Gasteiger partial charge in [-0.1, -0.05) is 0 Å². The Morgan fingerprint density at radius 2 is 1.04 bits per heavy atom. The van der Waals surface area contributed by atoms with Gasteiger partial charge in [-0.05, 0) is 0 Å². The topological polar surface area (TPSA) is 135 Å². The van der Waals surface area contributed by atoms with E-state index in [1.54, 1.807) is 0 Å². The van der Waals surface area contributed by atoms with E-state index in [2.05, 4.69) is 0 Å². The fourth-order valence-corrected chi connectivity index (χ4v) is 5.46. The van der Waals surface area contributed by atoms with E-state index in [1.165, 1.54) is 14.1 Å². The van der Waals surface area contributed by atoms with Gasteiger partial charge in [0.15, 0.2) is 0 Å². The van der Waals surface area contributed by atoms with Gasteiger partial charge in [-0.15, -0.1) is 0 Å². The Balaban J connectivity index is 7.13. The van der Waals surface area contributed by atoms with Gasteiger partial charge in [0.25, 0.3) is 10.0 Å². The lowest BCUT2D eigenvalue weighted by Gasteiger charge is -2.43. The fourth-order valence-electron chi connectivity index (χ4n) is 3.36. The molecule has 2 N–H and O–H groups in total. The zero-order valence-corrected chi connectivity index (χ0v) is 24.2. The zero-order valence-electron chi connectivity index (χ0n) is 22.6. The number of halogens is 17. The first kappa shape index (κ1) is 44.5. The molecule has 0 bridgehead atoms. The molecule has 0 amide bonds. The highest BCUT2D eigenvalue weighted by molar-refractivity contribution is 7.90. The van der Waals surface area contributed by atoms with Crippen LogP contribution in [0.15, 0.2) is 0 Å². The van der Waals surface area contributed by atoms with Crippen LogP contribution in [0.1, 0.15) is 6.42 Å². The number of rotatable bonds is 18. The molecule has 0 aromatic rings. The summed E-state index contributed by atoms with van der Waals surface area (Å²) in [5.41, 5.74) is 0. The standard InChI is InChI=1S/C18H23F17N2O7S2/c1-37(2,6-7-38)5-3-4-36(8-10(39)9-45(40,41)42)46(43,44)18(34,35)16(29,30)14(25,26)12(21,22)11(19,20)13(23,24)15(27,28)17(31,32)33/h10,38-39H,3-9H2,1-2H3. The van der Waals surface area contributed by atoms with Gasteiger partial charge in [-0.3, -0.25) is 0 Å². The molecule has 0 spiro atoms. The number of alkyl halides is 17. The largest absolute Gasteiger partial charge is 0.748 e. The first-order valence-corrected chi connectivity index (χ1v) is 14.5. The lowest BCUT2D eigenvalue weighted by atomic mass is 9.91. The summed E-state index contributed by atoms with van der Waals surface area (Å²) >= 11 is 0. The van der Waals surface area contributed by atoms with Crippen molar-refractivity contribution in [2.75, 3.05) is 52.6 Å². The third-order valence-electron chi connectivity index (χ3n) is 6.04. The minimum absolute atomic E-state index is 0.217. The van der Waals surface area contributed by atoms with Crippen LogP contribution in [0.4, 0.5) is 74.6 Å². The molecule has 0 aliphatic rings. The Labute approximate surface area is 247 Å². The zero-order chi connectivity index (χ0) is 37.6. The first-order chi connectivity index (χ1) is 19.8. The lowest BCUT2D eigenvalue weighted by Crippen LogP contribution is -2.75. The molecule has 28 heteroatoms. The van der Waals surface area contributed by atoms with Crippen LogP contribution in [0.5, 0.6) is 0 Å². The smallest absolute Gasteiger partial charge is 0.460 e. The summed E-state index contributed by atoms with van der Waals surface area (Å²) in [7, 11) is -11.0. The number of quaternary nitrogens is 1. The summed E-state index contributed by atoms with van der Waals surface area (Å²) < 4.78 is 287. The molecule has 46 heavy (non-hydrogen) atoms. The number of nitrogens with zero attached hydrogens (tertiary/aromatic N) is 2. The van der Waals surface area contributed by atoms with Gasteiger partial charge in [0.05, 0.1) is 49.2 Å². The molecule has 0 rings (SSSR count). The van der Waals surface area contributed by atoms with Gasteiger partial charge < -0.3 is 19.2 Å². The van der Waals surface area contributed by atoms with Gasteiger partial charge >= 0.3 is 47.0 Å². The minimum atomic E-state index is -9.05. The predicted molar refractivity (Wildman–Crippen MR) is 115 cm³/mol. The molecule has 9 nitrogen and oxygen atoms in total. The van der Waals surface area contributed by atoms with Gasteiger partial charge in [0.2, 0.25) is 0 Å². The van der Waals surface area contributed by atoms with Crippen molar-refractivity contribution in [2.45, 2.75) is 59.5 Å². The van der Waals surface area contributed by atoms with Gasteiger partial charge in [-0.25, -0.2) is 16.8 Å². The van der Waals surface area contributed by atoms with Crippen molar-refractivity contribution >= 4 is 20.1 Å². The van der Waals surface area contributed by atoms with E-state index >= 15 is 0 Å². The van der Waals surface area contributed by atoms with Gasteiger partial charge in [0, 0.05) is 19.5 Å². The molecular formula is C18H23F17N2O7S2. The van der Waals surface area contributed by atoms with E-state index in [9.17, 15) is 101 Å². The minimum Gasteiger partial charge on any atom is -0.748 e. The highest BCUT2D eigenvalue weighted by atomic mass is 32.2. The second-order valence-corrected chi connectivity index (χ2v) is 13.6. The molecule has 0 fully saturated rings. The highest BCUT2D eigenvalue weighted by Crippen LogP contribution is 2.64. The van der Waals surface area contributed by atoms with Crippen molar-refractivity contribution < 1.29 is 111 Å². The highest BCUT2D eigenvalue weighted by Gasteiger charge is 2.96. The van der Waals surface area contributed by atoms with E-state index in [1.807, 2.05) is 0 Å². The Kier molecular flexibility index (Phi) is 12.7. The van der Waals surface area contributed by atoms with Crippen molar-refractivity contribution in [2.24, 2.45) is 0 Å². The van der Waals surface area contributed by atoms with E-state index in [0.29, 0.717) is 0 Å². The maximum absolute atomic E-state index is 14.7. The number of aliphatic hydroxyl groups is 2. The Bertz CT molecular complexity index is 1270. The molecule has 1 atom stereocenters. The second-order valence-electron chi connectivity index (χ2n) is 10.2. The third-order valence-corrected chi connectivity index (χ3v) is 8.75. The summed E-state index contributed by atoms with van der Waals surface area (Å²) in [5.74, 6) is -54.9. The van der Waals surface area contributed by atoms with E-state index in [4.69, 9.17) is 5.11 Å². The Hall–Kier alpha value is -1.49. The number of hydrogen-bond acceptors (Lipinski definition) is 7. The van der Waals surface area contributed by atoms with Crippen LogP contribution in [0.3, 0.4) is 0 Å². The van der Waals surface area contributed by atoms with E-state index in [0.717, 1.165) is 0 Å². The maximum atomic E-state index is 14.7. The Morgan fingerprint density at radius 1 is 0.674 bits per heavy atom. The van der Waals surface area contributed by atoms with Crippen molar-refractivity contribution in [3.8, 4) is 0 Å². The van der Waals surface area contributed by atoms with E-state index < -0.39 is 116 Å². The summed E-state index contributed by atoms with van der Waals surface area (Å²) in [6, 6.07) is 0. The van der Waals surface area contributed by atoms with Crippen LogP contribution in [0.2, 0.25) is 0 Å². The monoisotopic (exact) mass is 766 g/mol. The average molecular weight is 766 g/mol. The van der Waals surface area contributed by atoms with Crippen molar-refractivity contribution in [3.05, 3.63) is 0 Å². The Morgan fingerprint density at radius 3 is 1.39 bits per heavy atom. The van der Waals surface area contributed by atoms with Crippen molar-refractivity contribution in [1.29, 1.82) is 0 Å². The normalized spacial score (nSPS) is 16.7. The van der Waals surface area contributed by atoms with E-state index in [-0.39, 0.29) is 11.0 Å². The first-order valence-electron chi connectivity index (χ1n) is 11.5. The molecular weight excluding hydrogens is 743 g/mol. The number of aliphatic hydroxyl groups excluding tert-OH is 2. The molecule has 1 unspecified atom stereocenters.